The molecule has 0 spiro atoms. The molecule has 1 aromatic heterocycles. The van der Waals surface area contributed by atoms with Gasteiger partial charge in [0.1, 0.15) is 0 Å². The molecule has 6 nitrogen and oxygen atoms in total. The van der Waals surface area contributed by atoms with Crippen molar-refractivity contribution in [3.8, 4) is 0 Å². The van der Waals surface area contributed by atoms with Crippen molar-refractivity contribution in [1.82, 2.24) is 25.0 Å². The quantitative estimate of drug-likeness (QED) is 0.731. The zero-order valence-electron chi connectivity index (χ0n) is 15.9. The van der Waals surface area contributed by atoms with Gasteiger partial charge in [-0.15, -0.1) is 0 Å². The molecule has 2 fully saturated rings. The van der Waals surface area contributed by atoms with Crippen LogP contribution >= 0.6 is 0 Å². The molecule has 0 atom stereocenters. The van der Waals surface area contributed by atoms with Crippen molar-refractivity contribution in [3.63, 3.8) is 0 Å². The Kier molecular flexibility index (Phi) is 7.70. The highest BCUT2D eigenvalue weighted by molar-refractivity contribution is 5.74. The van der Waals surface area contributed by atoms with E-state index in [4.69, 9.17) is 0 Å². The van der Waals surface area contributed by atoms with Gasteiger partial charge in [0, 0.05) is 51.0 Å². The van der Waals surface area contributed by atoms with Crippen LogP contribution in [-0.2, 0) is 6.42 Å². The molecule has 0 radical (unpaired) electrons. The van der Waals surface area contributed by atoms with Crippen molar-refractivity contribution >= 4 is 6.03 Å². The third-order valence-corrected chi connectivity index (χ3v) is 5.44. The van der Waals surface area contributed by atoms with Gasteiger partial charge in [0.15, 0.2) is 0 Å². The first-order valence-electron chi connectivity index (χ1n) is 10.2. The molecule has 2 aliphatic heterocycles. The Labute approximate surface area is 157 Å². The lowest BCUT2D eigenvalue weighted by Gasteiger charge is -2.27. The van der Waals surface area contributed by atoms with Gasteiger partial charge in [-0.05, 0) is 64.0 Å². The molecule has 1 N–H and O–H groups in total. The maximum atomic E-state index is 12.7. The van der Waals surface area contributed by atoms with Gasteiger partial charge in [0.25, 0.3) is 0 Å². The fourth-order valence-corrected chi connectivity index (χ4v) is 3.81. The SMILES string of the molecule is O=C(NCCc1ccccn1)N(CCN1CCCC1)CCN1CCCC1. The summed E-state index contributed by atoms with van der Waals surface area (Å²) in [7, 11) is 0. The second-order valence-corrected chi connectivity index (χ2v) is 7.39. The summed E-state index contributed by atoms with van der Waals surface area (Å²) < 4.78 is 0. The van der Waals surface area contributed by atoms with E-state index in [0.29, 0.717) is 6.54 Å². The van der Waals surface area contributed by atoms with Crippen molar-refractivity contribution in [3.05, 3.63) is 30.1 Å². The summed E-state index contributed by atoms with van der Waals surface area (Å²) in [4.78, 5) is 24.0. The van der Waals surface area contributed by atoms with Gasteiger partial charge in [0.2, 0.25) is 0 Å². The molecule has 6 heteroatoms. The highest BCUT2D eigenvalue weighted by Gasteiger charge is 2.19. The molecule has 2 aliphatic rings. The number of amides is 2. The highest BCUT2D eigenvalue weighted by Crippen LogP contribution is 2.09. The lowest BCUT2D eigenvalue weighted by molar-refractivity contribution is 0.178. The summed E-state index contributed by atoms with van der Waals surface area (Å²) >= 11 is 0. The minimum absolute atomic E-state index is 0.0688. The van der Waals surface area contributed by atoms with Crippen molar-refractivity contribution in [1.29, 1.82) is 0 Å². The second kappa shape index (κ2) is 10.5. The van der Waals surface area contributed by atoms with Gasteiger partial charge >= 0.3 is 6.03 Å². The molecule has 144 valence electrons. The van der Waals surface area contributed by atoms with Gasteiger partial charge in [-0.1, -0.05) is 6.07 Å². The Hall–Kier alpha value is -1.66. The number of carbonyl (C=O) groups is 1. The lowest BCUT2D eigenvalue weighted by Crippen LogP contribution is -2.47. The van der Waals surface area contributed by atoms with Crippen molar-refractivity contribution in [2.75, 3.05) is 58.9 Å². The molecule has 2 amide bonds. The number of pyridine rings is 1. The Balaban J connectivity index is 1.44. The van der Waals surface area contributed by atoms with Gasteiger partial charge in [-0.2, -0.15) is 0 Å². The molecule has 0 saturated carbocycles. The summed E-state index contributed by atoms with van der Waals surface area (Å²) in [5.74, 6) is 0. The van der Waals surface area contributed by atoms with Gasteiger partial charge in [0.05, 0.1) is 0 Å². The number of likely N-dealkylation sites (tertiary alicyclic amines) is 2. The monoisotopic (exact) mass is 359 g/mol. The predicted molar refractivity (Wildman–Crippen MR) is 104 cm³/mol. The summed E-state index contributed by atoms with van der Waals surface area (Å²) in [5.41, 5.74) is 1.02. The van der Waals surface area contributed by atoms with Crippen LogP contribution in [0.3, 0.4) is 0 Å². The second-order valence-electron chi connectivity index (χ2n) is 7.39. The summed E-state index contributed by atoms with van der Waals surface area (Å²) in [6.45, 7) is 9.00. The number of aromatic nitrogens is 1. The molecule has 3 rings (SSSR count). The maximum absolute atomic E-state index is 12.7. The summed E-state index contributed by atoms with van der Waals surface area (Å²) in [6.07, 6.45) is 7.76. The van der Waals surface area contributed by atoms with Crippen LogP contribution in [0.15, 0.2) is 24.4 Å². The van der Waals surface area contributed by atoms with Crippen molar-refractivity contribution < 1.29 is 4.79 Å². The van der Waals surface area contributed by atoms with Crippen LogP contribution in [0.2, 0.25) is 0 Å². The van der Waals surface area contributed by atoms with E-state index in [1.165, 1.54) is 51.9 Å². The number of hydrogen-bond donors (Lipinski definition) is 1. The van der Waals surface area contributed by atoms with Crippen LogP contribution in [0.5, 0.6) is 0 Å². The van der Waals surface area contributed by atoms with E-state index < -0.39 is 0 Å². The topological polar surface area (TPSA) is 51.7 Å². The van der Waals surface area contributed by atoms with Crippen LogP contribution in [0.25, 0.3) is 0 Å². The number of nitrogens with zero attached hydrogens (tertiary/aromatic N) is 4. The third kappa shape index (κ3) is 6.25. The van der Waals surface area contributed by atoms with Gasteiger partial charge < -0.3 is 20.0 Å². The smallest absolute Gasteiger partial charge is 0.317 e. The predicted octanol–water partition coefficient (Wildman–Crippen LogP) is 1.83. The fraction of sp³-hybridized carbons (Fsp3) is 0.700. The van der Waals surface area contributed by atoms with E-state index in [2.05, 4.69) is 20.1 Å². The average molecular weight is 360 g/mol. The zero-order chi connectivity index (χ0) is 18.0. The Morgan fingerprint density at radius 1 is 1.00 bits per heavy atom. The number of hydrogen-bond acceptors (Lipinski definition) is 4. The van der Waals surface area contributed by atoms with E-state index in [-0.39, 0.29) is 6.03 Å². The van der Waals surface area contributed by atoms with Crippen LogP contribution in [-0.4, -0.2) is 84.6 Å². The minimum Gasteiger partial charge on any atom is -0.338 e. The zero-order valence-corrected chi connectivity index (χ0v) is 15.9. The van der Waals surface area contributed by atoms with Crippen LogP contribution in [0.1, 0.15) is 31.4 Å². The molecule has 26 heavy (non-hydrogen) atoms. The maximum Gasteiger partial charge on any atom is 0.317 e. The average Bonchev–Trinajstić information content (AvgIpc) is 3.36. The number of nitrogens with one attached hydrogen (secondary N) is 1. The Morgan fingerprint density at radius 3 is 2.15 bits per heavy atom. The molecule has 0 bridgehead atoms. The van der Waals surface area contributed by atoms with E-state index in [9.17, 15) is 4.79 Å². The number of carbonyl (C=O) groups excluding carboxylic acids is 1. The molecule has 1 aromatic rings. The first kappa shape index (κ1) is 19.1. The molecule has 2 saturated heterocycles. The van der Waals surface area contributed by atoms with E-state index >= 15 is 0 Å². The van der Waals surface area contributed by atoms with Gasteiger partial charge in [-0.25, -0.2) is 4.79 Å². The normalized spacial score (nSPS) is 18.3. The van der Waals surface area contributed by atoms with E-state index in [1.807, 2.05) is 23.1 Å². The van der Waals surface area contributed by atoms with E-state index in [0.717, 1.165) is 38.3 Å². The van der Waals surface area contributed by atoms with Crippen molar-refractivity contribution in [2.24, 2.45) is 0 Å². The molecule has 3 heterocycles. The highest BCUT2D eigenvalue weighted by atomic mass is 16.2. The van der Waals surface area contributed by atoms with E-state index in [1.54, 1.807) is 6.20 Å². The molecule has 0 aliphatic carbocycles. The minimum atomic E-state index is 0.0688. The largest absolute Gasteiger partial charge is 0.338 e. The first-order valence-corrected chi connectivity index (χ1v) is 10.2. The molecule has 0 aromatic carbocycles. The third-order valence-electron chi connectivity index (χ3n) is 5.44. The summed E-state index contributed by atoms with van der Waals surface area (Å²) in [5, 5.41) is 3.09. The molecule has 0 unspecified atom stereocenters. The van der Waals surface area contributed by atoms with Gasteiger partial charge in [-0.3, -0.25) is 4.98 Å². The van der Waals surface area contributed by atoms with Crippen LogP contribution in [0, 0.1) is 0 Å². The number of rotatable bonds is 9. The fourth-order valence-electron chi connectivity index (χ4n) is 3.81. The number of urea groups is 1. The van der Waals surface area contributed by atoms with Crippen LogP contribution in [0.4, 0.5) is 4.79 Å². The van der Waals surface area contributed by atoms with Crippen LogP contribution < -0.4 is 5.32 Å². The Bertz CT molecular complexity index is 506. The molecular formula is C20H33N5O. The Morgan fingerprint density at radius 2 is 1.62 bits per heavy atom. The van der Waals surface area contributed by atoms with Crippen molar-refractivity contribution in [2.45, 2.75) is 32.1 Å². The lowest BCUT2D eigenvalue weighted by atomic mass is 10.3. The first-order chi connectivity index (χ1) is 12.8. The standard InChI is InChI=1S/C20H33N5O/c26-20(22-10-8-19-7-1-2-9-21-19)25(17-15-23-11-3-4-12-23)18-16-24-13-5-6-14-24/h1-2,7,9H,3-6,8,10-18H2,(H,22,26). The summed E-state index contributed by atoms with van der Waals surface area (Å²) in [6, 6.07) is 5.98. The molecular weight excluding hydrogens is 326 g/mol.